The van der Waals surface area contributed by atoms with Crippen molar-refractivity contribution >= 4 is 54.9 Å². The van der Waals surface area contributed by atoms with Crippen molar-refractivity contribution in [2.75, 3.05) is 0 Å². The minimum Gasteiger partial charge on any atom is -0.309 e. The number of rotatable bonds is 8. The van der Waals surface area contributed by atoms with E-state index >= 15 is 0 Å². The van der Waals surface area contributed by atoms with Crippen LogP contribution in [0, 0.1) is 0 Å². The molecular weight excluding hydrogens is 649 g/mol. The minimum absolute atomic E-state index is 1.09. The van der Waals surface area contributed by atoms with Gasteiger partial charge in [0.25, 0.3) is 0 Å². The van der Waals surface area contributed by atoms with Crippen molar-refractivity contribution in [3.8, 4) is 11.4 Å². The first-order valence-corrected chi connectivity index (χ1v) is 19.4. The van der Waals surface area contributed by atoms with Gasteiger partial charge < -0.3 is 9.13 Å². The third-order valence-corrected chi connectivity index (χ3v) is 14.0. The highest BCUT2D eigenvalue weighted by Crippen LogP contribution is 2.73. The monoisotopic (exact) mass is 686 g/mol. The number of allylic oxidation sites excluding steroid dienone is 1. The Bertz CT molecular complexity index is 2660. The first-order valence-electron chi connectivity index (χ1n) is 17.8. The zero-order chi connectivity index (χ0) is 35.1. The van der Waals surface area contributed by atoms with E-state index in [1.807, 2.05) is 6.08 Å². The maximum Gasteiger partial charge on any atom is 0.0542 e. The molecule has 0 radical (unpaired) electrons. The van der Waals surface area contributed by atoms with Crippen molar-refractivity contribution in [2.45, 2.75) is 26.5 Å². The summed E-state index contributed by atoms with van der Waals surface area (Å²) >= 11 is 0. The highest BCUT2D eigenvalue weighted by molar-refractivity contribution is 8.34. The standard InChI is InChI=1S/C49H38N2S/c1-3-19-42-43-28-14-16-30-47(43)50(46(42)4-2)37-32-33-49-45(35-37)44-29-15-17-31-48(44)51(49)36-20-18-27-41(34-36)52(38-21-8-5-9-22-38,39-23-10-6-11-24-39)40-25-12-7-13-26-40/h3-35H,2H2,1H3/b19-3-. The molecule has 0 amide bonds. The molecule has 9 aromatic rings. The summed E-state index contributed by atoms with van der Waals surface area (Å²) in [5.41, 5.74) is 8.07. The van der Waals surface area contributed by atoms with Crippen LogP contribution in [-0.4, -0.2) is 9.13 Å². The summed E-state index contributed by atoms with van der Waals surface area (Å²) in [7, 11) is -1.84. The van der Waals surface area contributed by atoms with Gasteiger partial charge in [-0.3, -0.25) is 0 Å². The van der Waals surface area contributed by atoms with Gasteiger partial charge in [0.2, 0.25) is 0 Å². The van der Waals surface area contributed by atoms with E-state index in [4.69, 9.17) is 0 Å². The van der Waals surface area contributed by atoms with Crippen molar-refractivity contribution in [1.82, 2.24) is 9.13 Å². The molecule has 0 aliphatic rings. The van der Waals surface area contributed by atoms with Gasteiger partial charge in [-0.2, -0.15) is 0 Å². The second-order valence-electron chi connectivity index (χ2n) is 13.0. The molecule has 0 bridgehead atoms. The maximum atomic E-state index is 4.25. The van der Waals surface area contributed by atoms with E-state index in [0.717, 1.165) is 17.1 Å². The SMILES string of the molecule is C=Cc1c(/C=C\C)c2ccccc2n1-c1ccc2c(c1)c1ccccc1n2-c1cccc(S(c2ccccc2)(c2ccccc2)c2ccccc2)c1. The highest BCUT2D eigenvalue weighted by atomic mass is 32.3. The summed E-state index contributed by atoms with van der Waals surface area (Å²) in [6, 6.07) is 66.8. The average molecular weight is 687 g/mol. The normalized spacial score (nSPS) is 12.2. The van der Waals surface area contributed by atoms with Crippen LogP contribution in [0.25, 0.3) is 56.2 Å². The lowest BCUT2D eigenvalue weighted by atomic mass is 10.1. The minimum atomic E-state index is -1.84. The van der Waals surface area contributed by atoms with Crippen molar-refractivity contribution in [3.05, 3.63) is 206 Å². The predicted molar refractivity (Wildman–Crippen MR) is 222 cm³/mol. The van der Waals surface area contributed by atoms with Gasteiger partial charge >= 0.3 is 0 Å². The summed E-state index contributed by atoms with van der Waals surface area (Å²) < 4.78 is 4.79. The molecule has 0 unspecified atom stereocenters. The van der Waals surface area contributed by atoms with Gasteiger partial charge in [0.05, 0.1) is 22.2 Å². The fourth-order valence-corrected chi connectivity index (χ4v) is 11.9. The molecule has 0 saturated carbocycles. The number of hydrogen-bond donors (Lipinski definition) is 0. The van der Waals surface area contributed by atoms with Crippen molar-refractivity contribution in [3.63, 3.8) is 0 Å². The molecule has 2 nitrogen and oxygen atoms in total. The first kappa shape index (κ1) is 31.7. The van der Waals surface area contributed by atoms with Gasteiger partial charge in [-0.15, -0.1) is 10.0 Å². The summed E-state index contributed by atoms with van der Waals surface area (Å²) in [6.45, 7) is 6.32. The molecule has 0 spiro atoms. The van der Waals surface area contributed by atoms with Crippen LogP contribution < -0.4 is 0 Å². The van der Waals surface area contributed by atoms with E-state index in [9.17, 15) is 0 Å². The molecule has 0 N–H and O–H groups in total. The van der Waals surface area contributed by atoms with Gasteiger partial charge in [0.15, 0.2) is 0 Å². The zero-order valence-corrected chi connectivity index (χ0v) is 29.9. The molecule has 2 heterocycles. The van der Waals surface area contributed by atoms with Gasteiger partial charge in [0.1, 0.15) is 0 Å². The van der Waals surface area contributed by atoms with Crippen molar-refractivity contribution in [2.24, 2.45) is 0 Å². The third-order valence-electron chi connectivity index (χ3n) is 10.1. The number of nitrogens with zero attached hydrogens (tertiary/aromatic N) is 2. The third kappa shape index (κ3) is 4.89. The largest absolute Gasteiger partial charge is 0.309 e. The lowest BCUT2D eigenvalue weighted by Crippen LogP contribution is -2.06. The second-order valence-corrected chi connectivity index (χ2v) is 16.1. The first-order chi connectivity index (χ1) is 25.7. The van der Waals surface area contributed by atoms with Crippen LogP contribution in [0.4, 0.5) is 0 Å². The molecule has 0 fully saturated rings. The van der Waals surface area contributed by atoms with Crippen LogP contribution in [0.1, 0.15) is 18.2 Å². The van der Waals surface area contributed by atoms with Crippen molar-refractivity contribution in [1.29, 1.82) is 0 Å². The smallest absolute Gasteiger partial charge is 0.0542 e. The Morgan fingerprint density at radius 3 is 1.54 bits per heavy atom. The van der Waals surface area contributed by atoms with Crippen molar-refractivity contribution < 1.29 is 0 Å². The fraction of sp³-hybridized carbons (Fsp3) is 0.0204. The number of fused-ring (bicyclic) bond motifs is 4. The Balaban J connectivity index is 1.30. The van der Waals surface area contributed by atoms with Crippen LogP contribution in [0.2, 0.25) is 0 Å². The van der Waals surface area contributed by atoms with Crippen LogP contribution in [-0.2, 0) is 0 Å². The lowest BCUT2D eigenvalue weighted by Gasteiger charge is -2.42. The zero-order valence-electron chi connectivity index (χ0n) is 29.1. The second kappa shape index (κ2) is 13.1. The van der Waals surface area contributed by atoms with Gasteiger partial charge in [-0.1, -0.05) is 116 Å². The lowest BCUT2D eigenvalue weighted by molar-refractivity contribution is 1.11. The van der Waals surface area contributed by atoms with E-state index in [1.165, 1.54) is 57.9 Å². The quantitative estimate of drug-likeness (QED) is 0.151. The van der Waals surface area contributed by atoms with Gasteiger partial charge in [0, 0.05) is 52.7 Å². The summed E-state index contributed by atoms with van der Waals surface area (Å²) in [4.78, 5) is 5.23. The Hall–Kier alpha value is -6.29. The Morgan fingerprint density at radius 1 is 0.442 bits per heavy atom. The maximum absolute atomic E-state index is 4.25. The van der Waals surface area contributed by atoms with Crippen LogP contribution in [0.3, 0.4) is 0 Å². The Labute approximate surface area is 306 Å². The number of benzene rings is 7. The van der Waals surface area contributed by atoms with Gasteiger partial charge in [-0.05, 0) is 97.9 Å². The molecule has 0 atom stereocenters. The molecule has 0 aliphatic carbocycles. The Morgan fingerprint density at radius 2 is 0.942 bits per heavy atom. The number of hydrogen-bond acceptors (Lipinski definition) is 0. The molecule has 3 heteroatoms. The molecule has 9 rings (SSSR count). The summed E-state index contributed by atoms with van der Waals surface area (Å²) in [5.74, 6) is 0. The Kier molecular flexibility index (Phi) is 7.99. The summed E-state index contributed by atoms with van der Waals surface area (Å²) in [5, 5.41) is 3.66. The predicted octanol–water partition coefficient (Wildman–Crippen LogP) is 13.7. The fourth-order valence-electron chi connectivity index (χ4n) is 7.99. The van der Waals surface area contributed by atoms with E-state index < -0.39 is 10.0 Å². The average Bonchev–Trinajstić information content (AvgIpc) is 3.72. The topological polar surface area (TPSA) is 9.86 Å². The summed E-state index contributed by atoms with van der Waals surface area (Å²) in [6.07, 6.45) is 6.28. The van der Waals surface area contributed by atoms with E-state index in [-0.39, 0.29) is 0 Å². The highest BCUT2D eigenvalue weighted by Gasteiger charge is 2.33. The molecule has 0 saturated heterocycles. The van der Waals surface area contributed by atoms with E-state index in [0.29, 0.717) is 0 Å². The molecule has 2 aromatic heterocycles. The van der Waals surface area contributed by atoms with E-state index in [1.54, 1.807) is 0 Å². The molecule has 0 aliphatic heterocycles. The van der Waals surface area contributed by atoms with Gasteiger partial charge in [-0.25, -0.2) is 0 Å². The van der Waals surface area contributed by atoms with Crippen LogP contribution >= 0.6 is 10.0 Å². The number of para-hydroxylation sites is 2. The van der Waals surface area contributed by atoms with E-state index in [2.05, 4.69) is 217 Å². The van der Waals surface area contributed by atoms with Crippen LogP contribution in [0.5, 0.6) is 0 Å². The number of aromatic nitrogens is 2. The molecule has 52 heavy (non-hydrogen) atoms. The molecular formula is C49H38N2S. The molecule has 250 valence electrons. The van der Waals surface area contributed by atoms with Crippen LogP contribution in [0.15, 0.2) is 214 Å². The molecule has 7 aromatic carbocycles.